The Hall–Kier alpha value is -1.30. The molecule has 4 atom stereocenters. The van der Waals surface area contributed by atoms with Crippen LogP contribution in [0, 0.1) is 0 Å². The van der Waals surface area contributed by atoms with Crippen molar-refractivity contribution in [2.45, 2.75) is 45.4 Å². The zero-order chi connectivity index (χ0) is 19.6. The van der Waals surface area contributed by atoms with E-state index in [-0.39, 0.29) is 17.8 Å². The second-order valence-corrected chi connectivity index (χ2v) is 10.9. The van der Waals surface area contributed by atoms with E-state index in [1.807, 2.05) is 6.92 Å². The molecule has 14 heteroatoms. The van der Waals surface area contributed by atoms with Crippen LogP contribution < -0.4 is 5.32 Å². The molecule has 146 valence electrons. The van der Waals surface area contributed by atoms with Gasteiger partial charge in [0.1, 0.15) is 30.9 Å². The first-order valence-corrected chi connectivity index (χ1v) is 9.84. The number of tetrazole rings is 1. The molecule has 2 amide bonds. The third-order valence-corrected chi connectivity index (χ3v) is 6.95. The zero-order valence-corrected chi connectivity index (χ0v) is 16.8. The van der Waals surface area contributed by atoms with Crippen molar-refractivity contribution in [1.29, 1.82) is 0 Å². The van der Waals surface area contributed by atoms with E-state index in [2.05, 4.69) is 20.8 Å². The van der Waals surface area contributed by atoms with E-state index in [9.17, 15) is 14.4 Å². The Labute approximate surface area is 172 Å². The fourth-order valence-electron chi connectivity index (χ4n) is 3.58. The van der Waals surface area contributed by atoms with E-state index in [4.69, 9.17) is 39.5 Å². The van der Waals surface area contributed by atoms with Crippen molar-refractivity contribution in [2.24, 2.45) is 0 Å². The molecule has 1 saturated carbocycles. The molecule has 0 spiro atoms. The van der Waals surface area contributed by atoms with Crippen molar-refractivity contribution in [1.82, 2.24) is 30.4 Å². The lowest BCUT2D eigenvalue weighted by atomic mass is 10.0. The maximum Gasteiger partial charge on any atom is 0.333 e. The van der Waals surface area contributed by atoms with Gasteiger partial charge >= 0.3 is 5.97 Å². The van der Waals surface area contributed by atoms with E-state index in [0.717, 1.165) is 0 Å². The zero-order valence-electron chi connectivity index (χ0n) is 13.8. The van der Waals surface area contributed by atoms with Crippen LogP contribution in [-0.4, -0.2) is 75.0 Å². The summed E-state index contributed by atoms with van der Waals surface area (Å²) in [6.07, 6.45) is 1.75. The van der Waals surface area contributed by atoms with Crippen molar-refractivity contribution in [3.8, 4) is 0 Å². The number of hydrogen-bond donors (Lipinski definition) is 1. The molecule has 27 heavy (non-hydrogen) atoms. The van der Waals surface area contributed by atoms with Gasteiger partial charge in [-0.3, -0.25) is 9.59 Å². The van der Waals surface area contributed by atoms with Crippen LogP contribution in [0.3, 0.4) is 0 Å². The van der Waals surface area contributed by atoms with Gasteiger partial charge in [0, 0.05) is 6.42 Å². The number of amides is 2. The van der Waals surface area contributed by atoms with Gasteiger partial charge in [-0.2, -0.15) is 0 Å². The summed E-state index contributed by atoms with van der Waals surface area (Å²) in [6, 6.07) is -0.721. The van der Waals surface area contributed by atoms with Crippen LogP contribution in [0.1, 0.15) is 13.3 Å². The summed E-state index contributed by atoms with van der Waals surface area (Å²) in [5.41, 5.74) is -1.08. The number of halogens is 3. The molecule has 10 nitrogen and oxygen atoms in total. The fraction of sp³-hybridized carbons (Fsp3) is 0.692. The monoisotopic (exact) mass is 454 g/mol. The highest BCUT2D eigenvalue weighted by atomic mass is 35.6. The van der Waals surface area contributed by atoms with Crippen LogP contribution in [0.2, 0.25) is 0 Å². The molecule has 3 heterocycles. The number of fused-ring (bicyclic) bond motifs is 3. The van der Waals surface area contributed by atoms with E-state index in [0.29, 0.717) is 6.42 Å². The molecule has 3 fully saturated rings. The number of aromatic nitrogens is 4. The van der Waals surface area contributed by atoms with Gasteiger partial charge in [0.05, 0.1) is 4.75 Å². The average Bonchev–Trinajstić information content (AvgIpc) is 2.89. The summed E-state index contributed by atoms with van der Waals surface area (Å²) in [4.78, 5) is 38.8. The van der Waals surface area contributed by atoms with Crippen LogP contribution in [-0.2, 0) is 25.7 Å². The summed E-state index contributed by atoms with van der Waals surface area (Å²) in [7, 11) is 0. The van der Waals surface area contributed by atoms with Crippen molar-refractivity contribution >= 4 is 64.3 Å². The Bertz CT molecular complexity index is 819. The maximum absolute atomic E-state index is 12.6. The van der Waals surface area contributed by atoms with Gasteiger partial charge in [-0.15, -0.1) is 16.9 Å². The third kappa shape index (κ3) is 2.95. The molecule has 0 radical (unpaired) electrons. The standard InChI is InChI=1S/C13H13Cl3N6O4S/c1-11-3-12(11,10(25)26-4-13(14,15)16)22-8(24)7(9(22)27-11)18-6(23)2-21-5-17-19-20-21/h5,7,9H,2-4H2,1H3,(H,18,23)/t7?,9-,11?,12?/m1/s1. The SMILES string of the molecule is CC12CC1(C(=O)OCC(Cl)(Cl)Cl)N1C(=O)C(NC(=O)Cn3cnnn3)[C@H]1S2. The van der Waals surface area contributed by atoms with Crippen LogP contribution in [0.5, 0.6) is 0 Å². The van der Waals surface area contributed by atoms with Crippen LogP contribution in [0.15, 0.2) is 6.33 Å². The smallest absolute Gasteiger partial charge is 0.333 e. The summed E-state index contributed by atoms with van der Waals surface area (Å²) in [5, 5.41) is 12.8. The van der Waals surface area contributed by atoms with Gasteiger partial charge in [-0.05, 0) is 17.4 Å². The Kier molecular flexibility index (Phi) is 4.30. The number of ether oxygens (including phenoxy) is 1. The highest BCUT2D eigenvalue weighted by Gasteiger charge is 2.85. The van der Waals surface area contributed by atoms with Crippen molar-refractivity contribution in [3.05, 3.63) is 6.33 Å². The molecule has 1 aromatic heterocycles. The number of nitrogens with one attached hydrogen (secondary N) is 1. The molecule has 2 saturated heterocycles. The van der Waals surface area contributed by atoms with Gasteiger partial charge in [0.2, 0.25) is 15.6 Å². The number of alkyl halides is 3. The summed E-state index contributed by atoms with van der Waals surface area (Å²) in [6.45, 7) is 1.36. The van der Waals surface area contributed by atoms with Gasteiger partial charge in [0.25, 0.3) is 0 Å². The summed E-state index contributed by atoms with van der Waals surface area (Å²) < 4.78 is 4.15. The number of hydrogen-bond acceptors (Lipinski definition) is 8. The highest BCUT2D eigenvalue weighted by molar-refractivity contribution is 8.02. The number of rotatable bonds is 5. The second-order valence-electron chi connectivity index (χ2n) is 6.73. The lowest BCUT2D eigenvalue weighted by molar-refractivity contribution is -0.166. The first-order chi connectivity index (χ1) is 12.6. The Balaban J connectivity index is 1.42. The van der Waals surface area contributed by atoms with Crippen molar-refractivity contribution in [3.63, 3.8) is 0 Å². The minimum Gasteiger partial charge on any atom is -0.459 e. The van der Waals surface area contributed by atoms with Gasteiger partial charge in [-0.25, -0.2) is 9.48 Å². The van der Waals surface area contributed by atoms with Crippen LogP contribution in [0.4, 0.5) is 0 Å². The molecule has 4 rings (SSSR count). The Morgan fingerprint density at radius 1 is 1.48 bits per heavy atom. The molecule has 1 N–H and O–H groups in total. The molecule has 0 aromatic carbocycles. The van der Waals surface area contributed by atoms with Crippen LogP contribution in [0.25, 0.3) is 0 Å². The predicted molar refractivity (Wildman–Crippen MR) is 95.0 cm³/mol. The van der Waals surface area contributed by atoms with E-state index >= 15 is 0 Å². The Morgan fingerprint density at radius 3 is 2.85 bits per heavy atom. The number of carbonyl (C=O) groups is 3. The molecule has 3 unspecified atom stereocenters. The summed E-state index contributed by atoms with van der Waals surface area (Å²) in [5.74, 6) is -1.35. The van der Waals surface area contributed by atoms with Gasteiger partial charge in [0.15, 0.2) is 5.54 Å². The fourth-order valence-corrected chi connectivity index (χ4v) is 5.66. The molecule has 2 aliphatic heterocycles. The first-order valence-electron chi connectivity index (χ1n) is 7.82. The maximum atomic E-state index is 12.6. The number of thioether (sulfide) groups is 1. The van der Waals surface area contributed by atoms with Crippen LogP contribution >= 0.6 is 46.6 Å². The number of esters is 1. The lowest BCUT2D eigenvalue weighted by Gasteiger charge is -2.46. The molecule has 1 aliphatic carbocycles. The van der Waals surface area contributed by atoms with E-state index in [1.54, 1.807) is 0 Å². The molecule has 1 aromatic rings. The normalized spacial score (nSPS) is 33.8. The van der Waals surface area contributed by atoms with Crippen molar-refractivity contribution < 1.29 is 19.1 Å². The minimum atomic E-state index is -1.73. The predicted octanol–water partition coefficient (Wildman–Crippen LogP) is -0.112. The number of nitrogens with zero attached hydrogens (tertiary/aromatic N) is 5. The highest BCUT2D eigenvalue weighted by Crippen LogP contribution is 2.72. The number of β-lactam (4-membered cyclic amide) rings is 1. The second kappa shape index (κ2) is 6.10. The van der Waals surface area contributed by atoms with E-state index < -0.39 is 38.6 Å². The average molecular weight is 456 g/mol. The number of carbonyl (C=O) groups excluding carboxylic acids is 3. The molecular weight excluding hydrogens is 443 g/mol. The third-order valence-electron chi connectivity index (χ3n) is 4.90. The Morgan fingerprint density at radius 2 is 2.22 bits per heavy atom. The lowest BCUT2D eigenvalue weighted by Crippen LogP contribution is -2.72. The first kappa shape index (κ1) is 19.0. The molecule has 0 bridgehead atoms. The quantitative estimate of drug-likeness (QED) is 0.371. The minimum absolute atomic E-state index is 0.109. The summed E-state index contributed by atoms with van der Waals surface area (Å²) >= 11 is 18.3. The molecule has 3 aliphatic rings. The van der Waals surface area contributed by atoms with Gasteiger partial charge in [-0.1, -0.05) is 34.8 Å². The molecular formula is C13H13Cl3N6O4S. The van der Waals surface area contributed by atoms with Crippen molar-refractivity contribution in [2.75, 3.05) is 6.61 Å². The van der Waals surface area contributed by atoms with E-state index in [1.165, 1.54) is 27.7 Å². The topological polar surface area (TPSA) is 119 Å². The largest absolute Gasteiger partial charge is 0.459 e. The van der Waals surface area contributed by atoms with Gasteiger partial charge < -0.3 is 15.0 Å².